The average molecular weight is 336 g/mol. The Hall–Kier alpha value is -1.80. The maximum atomic E-state index is 13.1. The highest BCUT2D eigenvalue weighted by atomic mass is 32.2. The van der Waals surface area contributed by atoms with Crippen LogP contribution in [0.3, 0.4) is 0 Å². The van der Waals surface area contributed by atoms with Crippen LogP contribution in [-0.4, -0.2) is 39.8 Å². The van der Waals surface area contributed by atoms with Crippen LogP contribution in [0.5, 0.6) is 0 Å². The van der Waals surface area contributed by atoms with Crippen LogP contribution >= 0.6 is 0 Å². The zero-order chi connectivity index (χ0) is 16.0. The maximum Gasteiger partial charge on any atom is 0.243 e. The van der Waals surface area contributed by atoms with E-state index in [9.17, 15) is 12.8 Å². The van der Waals surface area contributed by atoms with Crippen molar-refractivity contribution in [1.29, 1.82) is 0 Å². The Labute approximate surface area is 134 Å². The molecule has 2 bridgehead atoms. The molecular formula is C15H17FN4O2S. The highest BCUT2D eigenvalue weighted by Crippen LogP contribution is 2.43. The Kier molecular flexibility index (Phi) is 3.46. The number of piperidine rings is 1. The van der Waals surface area contributed by atoms with Crippen LogP contribution in [0.25, 0.3) is 0 Å². The SMILES string of the molecule is O=S(=O)(c1ccc(F)cc1)N1C2CCC1CC(n1nccn1)C2. The zero-order valence-electron chi connectivity index (χ0n) is 12.4. The van der Waals surface area contributed by atoms with Crippen molar-refractivity contribution < 1.29 is 12.8 Å². The van der Waals surface area contributed by atoms with Gasteiger partial charge >= 0.3 is 0 Å². The minimum Gasteiger partial charge on any atom is -0.207 e. The summed E-state index contributed by atoms with van der Waals surface area (Å²) in [6, 6.07) is 5.11. The number of nitrogens with zero attached hydrogens (tertiary/aromatic N) is 4. The number of fused-ring (bicyclic) bond motifs is 2. The number of benzene rings is 1. The van der Waals surface area contributed by atoms with Gasteiger partial charge in [-0.2, -0.15) is 19.3 Å². The van der Waals surface area contributed by atoms with Crippen LogP contribution < -0.4 is 0 Å². The number of sulfonamides is 1. The van der Waals surface area contributed by atoms with E-state index >= 15 is 0 Å². The van der Waals surface area contributed by atoms with Crippen molar-refractivity contribution in [2.24, 2.45) is 0 Å². The molecule has 2 fully saturated rings. The topological polar surface area (TPSA) is 68.1 Å². The Balaban J connectivity index is 1.62. The highest BCUT2D eigenvalue weighted by molar-refractivity contribution is 7.89. The maximum absolute atomic E-state index is 13.1. The molecule has 2 unspecified atom stereocenters. The van der Waals surface area contributed by atoms with Gasteiger partial charge < -0.3 is 0 Å². The fraction of sp³-hybridized carbons (Fsp3) is 0.467. The molecule has 0 N–H and O–H groups in total. The second-order valence-corrected chi connectivity index (χ2v) is 7.99. The number of halogens is 1. The van der Waals surface area contributed by atoms with Crippen molar-refractivity contribution in [3.8, 4) is 0 Å². The van der Waals surface area contributed by atoms with Crippen molar-refractivity contribution in [2.45, 2.75) is 48.7 Å². The van der Waals surface area contributed by atoms with Gasteiger partial charge in [-0.05, 0) is 49.9 Å². The van der Waals surface area contributed by atoms with Crippen LogP contribution in [0.1, 0.15) is 31.7 Å². The first-order valence-electron chi connectivity index (χ1n) is 7.70. The summed E-state index contributed by atoms with van der Waals surface area (Å²) in [6.45, 7) is 0. The predicted molar refractivity (Wildman–Crippen MR) is 80.5 cm³/mol. The molecule has 2 saturated heterocycles. The van der Waals surface area contributed by atoms with Gasteiger partial charge in [0.1, 0.15) is 5.82 Å². The summed E-state index contributed by atoms with van der Waals surface area (Å²) in [7, 11) is -3.59. The van der Waals surface area contributed by atoms with Gasteiger partial charge in [-0.3, -0.25) is 0 Å². The normalized spacial score (nSPS) is 28.1. The molecule has 0 saturated carbocycles. The third-order valence-corrected chi connectivity index (χ3v) is 6.81. The first kappa shape index (κ1) is 14.8. The molecule has 4 rings (SSSR count). The van der Waals surface area contributed by atoms with Crippen molar-refractivity contribution in [1.82, 2.24) is 19.3 Å². The Morgan fingerprint density at radius 2 is 1.52 bits per heavy atom. The lowest BCUT2D eigenvalue weighted by Gasteiger charge is -2.37. The lowest BCUT2D eigenvalue weighted by molar-refractivity contribution is 0.174. The van der Waals surface area contributed by atoms with Gasteiger partial charge in [-0.25, -0.2) is 12.8 Å². The Morgan fingerprint density at radius 1 is 0.957 bits per heavy atom. The van der Waals surface area contributed by atoms with Crippen molar-refractivity contribution >= 4 is 10.0 Å². The van der Waals surface area contributed by atoms with Gasteiger partial charge in [0.05, 0.1) is 23.3 Å². The lowest BCUT2D eigenvalue weighted by Crippen LogP contribution is -2.47. The molecule has 6 nitrogen and oxygen atoms in total. The van der Waals surface area contributed by atoms with Gasteiger partial charge in [0.2, 0.25) is 10.0 Å². The molecule has 0 aliphatic carbocycles. The molecule has 122 valence electrons. The number of hydrogen-bond acceptors (Lipinski definition) is 4. The van der Waals surface area contributed by atoms with E-state index in [2.05, 4.69) is 10.2 Å². The number of hydrogen-bond donors (Lipinski definition) is 0. The van der Waals surface area contributed by atoms with E-state index in [0.717, 1.165) is 12.8 Å². The molecule has 23 heavy (non-hydrogen) atoms. The minimum atomic E-state index is -3.59. The monoisotopic (exact) mass is 336 g/mol. The standard InChI is InChI=1S/C15H17FN4O2S/c16-11-1-5-15(6-2-11)23(21,22)19-12-3-4-13(19)10-14(9-12)20-17-7-8-18-20/h1-2,5-8,12-14H,3-4,9-10H2. The third-order valence-electron chi connectivity index (χ3n) is 4.79. The summed E-state index contributed by atoms with van der Waals surface area (Å²) in [4.78, 5) is 1.85. The summed E-state index contributed by atoms with van der Waals surface area (Å²) in [6.07, 6.45) is 6.41. The lowest BCUT2D eigenvalue weighted by atomic mass is 10.0. The van der Waals surface area contributed by atoms with Gasteiger partial charge in [-0.1, -0.05) is 0 Å². The molecule has 2 aliphatic heterocycles. The molecule has 2 aromatic rings. The fourth-order valence-electron chi connectivity index (χ4n) is 3.83. The summed E-state index contributed by atoms with van der Waals surface area (Å²) in [5, 5.41) is 8.38. The second-order valence-electron chi connectivity index (χ2n) is 6.15. The quantitative estimate of drug-likeness (QED) is 0.859. The third kappa shape index (κ3) is 2.46. The molecule has 2 atom stereocenters. The molecule has 2 aliphatic rings. The first-order chi connectivity index (χ1) is 11.1. The summed E-state index contributed by atoms with van der Waals surface area (Å²) < 4.78 is 40.5. The summed E-state index contributed by atoms with van der Waals surface area (Å²) in [5.41, 5.74) is 0. The molecule has 3 heterocycles. The molecule has 1 aromatic heterocycles. The van der Waals surface area contributed by atoms with E-state index in [4.69, 9.17) is 0 Å². The molecule has 8 heteroatoms. The van der Waals surface area contributed by atoms with E-state index in [1.54, 1.807) is 21.5 Å². The van der Waals surface area contributed by atoms with E-state index in [1.165, 1.54) is 24.3 Å². The van der Waals surface area contributed by atoms with E-state index < -0.39 is 15.8 Å². The Morgan fingerprint density at radius 3 is 2.09 bits per heavy atom. The van der Waals surface area contributed by atoms with Gasteiger partial charge in [0.15, 0.2) is 0 Å². The van der Waals surface area contributed by atoms with Gasteiger partial charge in [-0.15, -0.1) is 0 Å². The second kappa shape index (κ2) is 5.38. The largest absolute Gasteiger partial charge is 0.243 e. The molecule has 1 aromatic carbocycles. The molecule has 0 radical (unpaired) electrons. The fourth-order valence-corrected chi connectivity index (χ4v) is 5.72. The van der Waals surface area contributed by atoms with Crippen molar-refractivity contribution in [3.05, 3.63) is 42.5 Å². The predicted octanol–water partition coefficient (Wildman–Crippen LogP) is 1.97. The van der Waals surface area contributed by atoms with Crippen LogP contribution in [0.2, 0.25) is 0 Å². The zero-order valence-corrected chi connectivity index (χ0v) is 13.2. The highest BCUT2D eigenvalue weighted by Gasteiger charge is 2.47. The average Bonchev–Trinajstić information content (AvgIpc) is 3.15. The van der Waals surface area contributed by atoms with Gasteiger partial charge in [0.25, 0.3) is 0 Å². The summed E-state index contributed by atoms with van der Waals surface area (Å²) in [5.74, 6) is -0.435. The molecule has 0 amide bonds. The van der Waals surface area contributed by atoms with Crippen LogP contribution in [-0.2, 0) is 10.0 Å². The number of aromatic nitrogens is 3. The van der Waals surface area contributed by atoms with Crippen molar-refractivity contribution in [2.75, 3.05) is 0 Å². The summed E-state index contributed by atoms with van der Waals surface area (Å²) >= 11 is 0. The van der Waals surface area contributed by atoms with Crippen LogP contribution in [0, 0.1) is 5.82 Å². The molecule has 0 spiro atoms. The van der Waals surface area contributed by atoms with Crippen LogP contribution in [0.4, 0.5) is 4.39 Å². The molecular weight excluding hydrogens is 319 g/mol. The van der Waals surface area contributed by atoms with Crippen molar-refractivity contribution in [3.63, 3.8) is 0 Å². The van der Waals surface area contributed by atoms with Gasteiger partial charge in [0, 0.05) is 12.1 Å². The minimum absolute atomic E-state index is 0.0418. The number of rotatable bonds is 3. The van der Waals surface area contributed by atoms with E-state index in [1.807, 2.05) is 0 Å². The smallest absolute Gasteiger partial charge is 0.207 e. The van der Waals surface area contributed by atoms with Crippen LogP contribution in [0.15, 0.2) is 41.6 Å². The van der Waals surface area contributed by atoms with E-state index in [-0.39, 0.29) is 23.0 Å². The Bertz CT molecular complexity index is 777. The van der Waals surface area contributed by atoms with E-state index in [0.29, 0.717) is 12.8 Å². The first-order valence-corrected chi connectivity index (χ1v) is 9.14.